The van der Waals surface area contributed by atoms with Crippen molar-refractivity contribution in [1.82, 2.24) is 10.3 Å². The predicted molar refractivity (Wildman–Crippen MR) is 81.0 cm³/mol. The van der Waals surface area contributed by atoms with E-state index in [2.05, 4.69) is 15.5 Å². The summed E-state index contributed by atoms with van der Waals surface area (Å²) < 4.78 is 0. The fraction of sp³-hybridized carbons (Fsp3) is 0.214. The number of nitrogens with zero attached hydrogens (tertiary/aromatic N) is 2. The SMILES string of the molecule is N/C(=N/O)C(Cc1ccccc1)C(=O)NCc1cncs1. The molecule has 7 heteroatoms. The molecule has 1 atom stereocenters. The van der Waals surface area contributed by atoms with Crippen molar-refractivity contribution in [2.24, 2.45) is 16.8 Å². The summed E-state index contributed by atoms with van der Waals surface area (Å²) in [6.07, 6.45) is 2.08. The molecular weight excluding hydrogens is 288 g/mol. The number of hydrogen-bond donors (Lipinski definition) is 3. The highest BCUT2D eigenvalue weighted by molar-refractivity contribution is 7.09. The zero-order valence-electron chi connectivity index (χ0n) is 11.3. The minimum absolute atomic E-state index is 0.0966. The zero-order valence-corrected chi connectivity index (χ0v) is 12.1. The predicted octanol–water partition coefficient (Wildman–Crippen LogP) is 1.36. The van der Waals surface area contributed by atoms with Crippen LogP contribution in [0.4, 0.5) is 0 Å². The van der Waals surface area contributed by atoms with Crippen LogP contribution in [0, 0.1) is 5.92 Å². The van der Waals surface area contributed by atoms with Gasteiger partial charge in [-0.3, -0.25) is 9.78 Å². The van der Waals surface area contributed by atoms with Gasteiger partial charge >= 0.3 is 0 Å². The minimum atomic E-state index is -0.703. The average Bonchev–Trinajstić information content (AvgIpc) is 3.04. The number of hydrogen-bond acceptors (Lipinski definition) is 5. The molecule has 0 aliphatic carbocycles. The molecule has 0 saturated heterocycles. The first kappa shape index (κ1) is 15.0. The Morgan fingerprint density at radius 2 is 2.19 bits per heavy atom. The fourth-order valence-corrected chi connectivity index (χ4v) is 2.41. The van der Waals surface area contributed by atoms with E-state index in [1.165, 1.54) is 11.3 Å². The molecule has 0 radical (unpaired) electrons. The molecule has 1 aromatic carbocycles. The lowest BCUT2D eigenvalue weighted by Crippen LogP contribution is -2.39. The number of amides is 1. The summed E-state index contributed by atoms with van der Waals surface area (Å²) >= 11 is 1.46. The lowest BCUT2D eigenvalue weighted by molar-refractivity contribution is -0.123. The number of rotatable bonds is 6. The van der Waals surface area contributed by atoms with Gasteiger partial charge in [0.05, 0.1) is 12.1 Å². The lowest BCUT2D eigenvalue weighted by Gasteiger charge is -2.15. The Labute approximate surface area is 126 Å². The van der Waals surface area contributed by atoms with Crippen LogP contribution in [-0.2, 0) is 17.8 Å². The van der Waals surface area contributed by atoms with Gasteiger partial charge in [-0.15, -0.1) is 11.3 Å². The summed E-state index contributed by atoms with van der Waals surface area (Å²) in [5.74, 6) is -1.08. The summed E-state index contributed by atoms with van der Waals surface area (Å²) in [6, 6.07) is 9.45. The van der Waals surface area contributed by atoms with Crippen molar-refractivity contribution in [2.45, 2.75) is 13.0 Å². The van der Waals surface area contributed by atoms with Crippen LogP contribution in [0.1, 0.15) is 10.4 Å². The van der Waals surface area contributed by atoms with Crippen LogP contribution in [0.2, 0.25) is 0 Å². The van der Waals surface area contributed by atoms with E-state index in [0.717, 1.165) is 10.4 Å². The van der Waals surface area contributed by atoms with Gasteiger partial charge in [0.15, 0.2) is 5.84 Å². The molecule has 1 aromatic heterocycles. The van der Waals surface area contributed by atoms with Crippen LogP contribution < -0.4 is 11.1 Å². The molecule has 0 spiro atoms. The molecule has 6 nitrogen and oxygen atoms in total. The number of thiazole rings is 1. The summed E-state index contributed by atoms with van der Waals surface area (Å²) in [4.78, 5) is 17.1. The standard InChI is InChI=1S/C14H16N4O2S/c15-13(18-20)12(6-10-4-2-1-3-5-10)14(19)17-8-11-7-16-9-21-11/h1-5,7,9,12,20H,6,8H2,(H2,15,18)(H,17,19). The maximum atomic E-state index is 12.2. The monoisotopic (exact) mass is 304 g/mol. The van der Waals surface area contributed by atoms with Gasteiger partial charge in [-0.1, -0.05) is 35.5 Å². The molecule has 2 aromatic rings. The molecule has 1 unspecified atom stereocenters. The summed E-state index contributed by atoms with van der Waals surface area (Å²) in [7, 11) is 0. The highest BCUT2D eigenvalue weighted by Gasteiger charge is 2.23. The van der Waals surface area contributed by atoms with Crippen LogP contribution in [0.25, 0.3) is 0 Å². The smallest absolute Gasteiger partial charge is 0.231 e. The van der Waals surface area contributed by atoms with Gasteiger partial charge in [0.2, 0.25) is 5.91 Å². The van der Waals surface area contributed by atoms with E-state index in [1.807, 2.05) is 30.3 Å². The number of carbonyl (C=O) groups is 1. The molecular formula is C14H16N4O2S. The van der Waals surface area contributed by atoms with Crippen molar-refractivity contribution in [3.05, 3.63) is 52.5 Å². The second-order valence-corrected chi connectivity index (χ2v) is 5.42. The van der Waals surface area contributed by atoms with Gasteiger partial charge in [-0.05, 0) is 12.0 Å². The maximum Gasteiger partial charge on any atom is 0.231 e. The number of carbonyl (C=O) groups excluding carboxylic acids is 1. The third-order valence-corrected chi connectivity index (χ3v) is 3.77. The van der Waals surface area contributed by atoms with Crippen LogP contribution in [0.15, 0.2) is 47.2 Å². The van der Waals surface area contributed by atoms with Crippen molar-refractivity contribution in [2.75, 3.05) is 0 Å². The Hall–Kier alpha value is -2.41. The summed E-state index contributed by atoms with van der Waals surface area (Å²) in [5, 5.41) is 14.6. The minimum Gasteiger partial charge on any atom is -0.409 e. The highest BCUT2D eigenvalue weighted by Crippen LogP contribution is 2.11. The van der Waals surface area contributed by atoms with Gasteiger partial charge < -0.3 is 16.3 Å². The molecule has 4 N–H and O–H groups in total. The molecule has 0 aliphatic rings. The Morgan fingerprint density at radius 3 is 2.81 bits per heavy atom. The van der Waals surface area contributed by atoms with E-state index in [4.69, 9.17) is 10.9 Å². The first-order valence-electron chi connectivity index (χ1n) is 6.37. The van der Waals surface area contributed by atoms with Crippen molar-refractivity contribution in [3.8, 4) is 0 Å². The number of benzene rings is 1. The van der Waals surface area contributed by atoms with Gasteiger partial charge in [0.1, 0.15) is 5.92 Å². The number of oxime groups is 1. The van der Waals surface area contributed by atoms with Crippen molar-refractivity contribution in [3.63, 3.8) is 0 Å². The van der Waals surface area contributed by atoms with Crippen molar-refractivity contribution < 1.29 is 10.0 Å². The number of nitrogens with one attached hydrogen (secondary N) is 1. The molecule has 2 rings (SSSR count). The van der Waals surface area contributed by atoms with Gasteiger partial charge in [-0.2, -0.15) is 0 Å². The Bertz CT molecular complexity index is 599. The highest BCUT2D eigenvalue weighted by atomic mass is 32.1. The molecule has 21 heavy (non-hydrogen) atoms. The first-order valence-corrected chi connectivity index (χ1v) is 7.25. The third kappa shape index (κ3) is 4.28. The second kappa shape index (κ2) is 7.39. The van der Waals surface area contributed by atoms with E-state index in [-0.39, 0.29) is 11.7 Å². The Kier molecular flexibility index (Phi) is 5.28. The molecule has 0 bridgehead atoms. The number of nitrogens with two attached hydrogens (primary N) is 1. The van der Waals surface area contributed by atoms with E-state index in [1.54, 1.807) is 11.7 Å². The van der Waals surface area contributed by atoms with E-state index >= 15 is 0 Å². The average molecular weight is 304 g/mol. The van der Waals surface area contributed by atoms with Gasteiger partial charge in [0, 0.05) is 11.1 Å². The number of aromatic nitrogens is 1. The molecule has 1 amide bonds. The third-order valence-electron chi connectivity index (χ3n) is 2.99. The molecule has 1 heterocycles. The quantitative estimate of drug-likeness (QED) is 0.325. The van der Waals surface area contributed by atoms with Gasteiger partial charge in [-0.25, -0.2) is 0 Å². The molecule has 0 aliphatic heterocycles. The van der Waals surface area contributed by atoms with Crippen LogP contribution in [0.5, 0.6) is 0 Å². The van der Waals surface area contributed by atoms with E-state index < -0.39 is 5.92 Å². The van der Waals surface area contributed by atoms with Crippen LogP contribution >= 0.6 is 11.3 Å². The largest absolute Gasteiger partial charge is 0.409 e. The molecule has 0 saturated carbocycles. The topological polar surface area (TPSA) is 101 Å². The van der Waals surface area contributed by atoms with Crippen LogP contribution in [-0.4, -0.2) is 21.9 Å². The maximum absolute atomic E-state index is 12.2. The van der Waals surface area contributed by atoms with Gasteiger partial charge in [0.25, 0.3) is 0 Å². The fourth-order valence-electron chi connectivity index (χ4n) is 1.88. The second-order valence-electron chi connectivity index (χ2n) is 4.45. The van der Waals surface area contributed by atoms with E-state index in [9.17, 15) is 4.79 Å². The normalized spacial score (nSPS) is 12.9. The Balaban J connectivity index is 2.03. The summed E-state index contributed by atoms with van der Waals surface area (Å²) in [5.41, 5.74) is 8.29. The number of amidine groups is 1. The Morgan fingerprint density at radius 1 is 1.43 bits per heavy atom. The zero-order chi connectivity index (χ0) is 15.1. The first-order chi connectivity index (χ1) is 10.2. The van der Waals surface area contributed by atoms with Crippen molar-refractivity contribution in [1.29, 1.82) is 0 Å². The summed E-state index contributed by atoms with van der Waals surface area (Å²) in [6.45, 7) is 0.382. The molecule has 0 fully saturated rings. The lowest BCUT2D eigenvalue weighted by atomic mass is 9.97. The van der Waals surface area contributed by atoms with Crippen LogP contribution in [0.3, 0.4) is 0 Å². The van der Waals surface area contributed by atoms with Crippen molar-refractivity contribution >= 4 is 23.1 Å². The molecule has 110 valence electrons. The van der Waals surface area contributed by atoms with E-state index in [0.29, 0.717) is 13.0 Å².